The predicted octanol–water partition coefficient (Wildman–Crippen LogP) is 2.47. The zero-order chi connectivity index (χ0) is 12.7. The highest BCUT2D eigenvalue weighted by molar-refractivity contribution is 7.99. The van der Waals surface area contributed by atoms with Gasteiger partial charge in [-0.05, 0) is 30.9 Å². The third-order valence-electron chi connectivity index (χ3n) is 2.46. The van der Waals surface area contributed by atoms with Crippen LogP contribution >= 0.6 is 23.1 Å². The fourth-order valence-electron chi connectivity index (χ4n) is 1.38. The quantitative estimate of drug-likeness (QED) is 0.715. The highest BCUT2D eigenvalue weighted by Gasteiger charge is 2.06. The summed E-state index contributed by atoms with van der Waals surface area (Å²) < 4.78 is 0. The first-order chi connectivity index (χ1) is 8.13. The number of nitrogens with two attached hydrogens (primary N) is 1. The largest absolute Gasteiger partial charge is 0.366 e. The van der Waals surface area contributed by atoms with Crippen LogP contribution in [0.15, 0.2) is 11.4 Å². The second-order valence-corrected chi connectivity index (χ2v) is 6.32. The van der Waals surface area contributed by atoms with Crippen LogP contribution in [0.2, 0.25) is 0 Å². The van der Waals surface area contributed by atoms with Crippen molar-refractivity contribution in [2.75, 3.05) is 11.5 Å². The average molecular weight is 272 g/mol. The molecular formula is C12H20N2OS2. The lowest BCUT2D eigenvalue weighted by Crippen LogP contribution is -2.25. The van der Waals surface area contributed by atoms with Gasteiger partial charge in [0.1, 0.15) is 0 Å². The van der Waals surface area contributed by atoms with Gasteiger partial charge < -0.3 is 11.1 Å². The number of thioether (sulfide) groups is 1. The topological polar surface area (TPSA) is 55.1 Å². The van der Waals surface area contributed by atoms with Crippen LogP contribution < -0.4 is 11.1 Å². The van der Waals surface area contributed by atoms with Gasteiger partial charge in [-0.2, -0.15) is 11.8 Å². The van der Waals surface area contributed by atoms with Gasteiger partial charge in [-0.1, -0.05) is 6.92 Å². The van der Waals surface area contributed by atoms with Gasteiger partial charge in [0.25, 0.3) is 0 Å². The molecule has 1 atom stereocenters. The van der Waals surface area contributed by atoms with Crippen molar-refractivity contribution in [3.63, 3.8) is 0 Å². The van der Waals surface area contributed by atoms with Crippen LogP contribution in [0.4, 0.5) is 0 Å². The average Bonchev–Trinajstić information content (AvgIpc) is 2.75. The van der Waals surface area contributed by atoms with E-state index in [9.17, 15) is 4.79 Å². The Morgan fingerprint density at radius 3 is 3.00 bits per heavy atom. The molecule has 3 N–H and O–H groups in total. The summed E-state index contributed by atoms with van der Waals surface area (Å²) in [6.45, 7) is 5.19. The number of amides is 1. The Bertz CT molecular complexity index is 352. The minimum Gasteiger partial charge on any atom is -0.366 e. The summed E-state index contributed by atoms with van der Waals surface area (Å²) in [5.41, 5.74) is 5.82. The van der Waals surface area contributed by atoms with Crippen molar-refractivity contribution in [2.45, 2.75) is 32.9 Å². The Balaban J connectivity index is 2.26. The second-order valence-electron chi connectivity index (χ2n) is 3.93. The predicted molar refractivity (Wildman–Crippen MR) is 76.8 cm³/mol. The molecule has 1 rings (SSSR count). The van der Waals surface area contributed by atoms with Crippen molar-refractivity contribution in [3.8, 4) is 0 Å². The minimum atomic E-state index is -0.347. The Morgan fingerprint density at radius 2 is 2.41 bits per heavy atom. The van der Waals surface area contributed by atoms with Gasteiger partial charge in [0.15, 0.2) is 0 Å². The molecule has 0 fully saturated rings. The van der Waals surface area contributed by atoms with Crippen molar-refractivity contribution < 1.29 is 4.79 Å². The maximum atomic E-state index is 10.9. The Labute approximate surface area is 111 Å². The van der Waals surface area contributed by atoms with Crippen LogP contribution in [-0.2, 0) is 6.54 Å². The summed E-state index contributed by atoms with van der Waals surface area (Å²) in [5.74, 6) is 2.03. The zero-order valence-corrected chi connectivity index (χ0v) is 12.0. The van der Waals surface area contributed by atoms with E-state index in [-0.39, 0.29) is 5.91 Å². The normalized spacial score (nSPS) is 12.6. The summed E-state index contributed by atoms with van der Waals surface area (Å²) in [7, 11) is 0. The number of nitrogens with one attached hydrogen (secondary N) is 1. The summed E-state index contributed by atoms with van der Waals surface area (Å²) >= 11 is 3.55. The smallest absolute Gasteiger partial charge is 0.249 e. The molecule has 0 aliphatic carbocycles. The molecule has 1 unspecified atom stereocenters. The SMILES string of the molecule is CCSCCC(C)NCc1cc(C(N)=O)cs1. The number of primary amides is 1. The molecule has 0 aromatic carbocycles. The van der Waals surface area contributed by atoms with E-state index in [1.54, 1.807) is 11.3 Å². The molecule has 1 heterocycles. The van der Waals surface area contributed by atoms with Crippen molar-refractivity contribution in [3.05, 3.63) is 21.9 Å². The molecule has 0 bridgehead atoms. The molecule has 1 aromatic rings. The van der Waals surface area contributed by atoms with Crippen LogP contribution in [0, 0.1) is 0 Å². The third kappa shape index (κ3) is 5.57. The number of thiophene rings is 1. The summed E-state index contributed by atoms with van der Waals surface area (Å²) in [4.78, 5) is 12.1. The monoisotopic (exact) mass is 272 g/mol. The van der Waals surface area contributed by atoms with E-state index in [2.05, 4.69) is 19.2 Å². The lowest BCUT2D eigenvalue weighted by molar-refractivity contribution is 0.100. The first kappa shape index (κ1) is 14.5. The molecule has 0 saturated heterocycles. The van der Waals surface area contributed by atoms with Crippen LogP contribution in [0.5, 0.6) is 0 Å². The van der Waals surface area contributed by atoms with Gasteiger partial charge in [-0.25, -0.2) is 0 Å². The molecule has 1 aromatic heterocycles. The molecule has 96 valence electrons. The van der Waals surface area contributed by atoms with E-state index >= 15 is 0 Å². The molecular weight excluding hydrogens is 252 g/mol. The molecule has 0 aliphatic rings. The van der Waals surface area contributed by atoms with Gasteiger partial charge in [0, 0.05) is 22.8 Å². The lowest BCUT2D eigenvalue weighted by atomic mass is 10.2. The van der Waals surface area contributed by atoms with E-state index in [1.165, 1.54) is 17.9 Å². The van der Waals surface area contributed by atoms with Crippen LogP contribution in [0.3, 0.4) is 0 Å². The van der Waals surface area contributed by atoms with Gasteiger partial charge in [-0.15, -0.1) is 11.3 Å². The number of rotatable bonds is 8. The molecule has 0 aliphatic heterocycles. The van der Waals surface area contributed by atoms with E-state index in [1.807, 2.05) is 23.2 Å². The molecule has 1 amide bonds. The van der Waals surface area contributed by atoms with Crippen molar-refractivity contribution >= 4 is 29.0 Å². The van der Waals surface area contributed by atoms with Gasteiger partial charge in [0.2, 0.25) is 5.91 Å². The fourth-order valence-corrected chi connectivity index (χ4v) is 3.02. The molecule has 0 spiro atoms. The first-order valence-corrected chi connectivity index (χ1v) is 7.85. The summed E-state index contributed by atoms with van der Waals surface area (Å²) in [6.07, 6.45) is 1.17. The number of carbonyl (C=O) groups excluding carboxylic acids is 1. The first-order valence-electron chi connectivity index (χ1n) is 5.81. The fraction of sp³-hybridized carbons (Fsp3) is 0.583. The van der Waals surface area contributed by atoms with E-state index in [4.69, 9.17) is 5.73 Å². The molecule has 5 heteroatoms. The summed E-state index contributed by atoms with van der Waals surface area (Å²) in [5, 5.41) is 5.27. The Kier molecular flexibility index (Phi) is 6.62. The Hall–Kier alpha value is -0.520. The molecule has 3 nitrogen and oxygen atoms in total. The molecule has 0 radical (unpaired) electrons. The van der Waals surface area contributed by atoms with Crippen LogP contribution in [0.25, 0.3) is 0 Å². The zero-order valence-electron chi connectivity index (χ0n) is 10.4. The van der Waals surface area contributed by atoms with Crippen LogP contribution in [-0.4, -0.2) is 23.5 Å². The van der Waals surface area contributed by atoms with Crippen molar-refractivity contribution in [2.24, 2.45) is 5.73 Å². The van der Waals surface area contributed by atoms with E-state index in [0.717, 1.165) is 11.4 Å². The lowest BCUT2D eigenvalue weighted by Gasteiger charge is -2.12. The van der Waals surface area contributed by atoms with E-state index < -0.39 is 0 Å². The highest BCUT2D eigenvalue weighted by Crippen LogP contribution is 2.14. The minimum absolute atomic E-state index is 0.347. The highest BCUT2D eigenvalue weighted by atomic mass is 32.2. The van der Waals surface area contributed by atoms with Gasteiger partial charge in [0.05, 0.1) is 5.56 Å². The van der Waals surface area contributed by atoms with Gasteiger partial charge >= 0.3 is 0 Å². The number of hydrogen-bond donors (Lipinski definition) is 2. The molecule has 0 saturated carbocycles. The maximum absolute atomic E-state index is 10.9. The van der Waals surface area contributed by atoms with E-state index in [0.29, 0.717) is 11.6 Å². The Morgan fingerprint density at radius 1 is 1.65 bits per heavy atom. The second kappa shape index (κ2) is 7.74. The van der Waals surface area contributed by atoms with Crippen molar-refractivity contribution in [1.82, 2.24) is 5.32 Å². The maximum Gasteiger partial charge on any atom is 0.249 e. The standard InChI is InChI=1S/C12H20N2OS2/c1-3-16-5-4-9(2)14-7-11-6-10(8-17-11)12(13)15/h6,8-9,14H,3-5,7H2,1-2H3,(H2,13,15). The number of carbonyl (C=O) groups is 1. The van der Waals surface area contributed by atoms with Crippen LogP contribution in [0.1, 0.15) is 35.5 Å². The third-order valence-corrected chi connectivity index (χ3v) is 4.33. The summed E-state index contributed by atoms with van der Waals surface area (Å²) in [6, 6.07) is 2.38. The van der Waals surface area contributed by atoms with Gasteiger partial charge in [-0.3, -0.25) is 4.79 Å². The number of hydrogen-bond acceptors (Lipinski definition) is 4. The molecule has 17 heavy (non-hydrogen) atoms. The van der Waals surface area contributed by atoms with Crippen molar-refractivity contribution in [1.29, 1.82) is 0 Å².